The summed E-state index contributed by atoms with van der Waals surface area (Å²) in [6, 6.07) is 2.27. The number of rotatable bonds is 12. The van der Waals surface area contributed by atoms with Gasteiger partial charge in [-0.15, -0.1) is 0 Å². The van der Waals surface area contributed by atoms with E-state index in [0.29, 0.717) is 30.1 Å². The molecule has 1 saturated carbocycles. The minimum Gasteiger partial charge on any atom is -0.483 e. The van der Waals surface area contributed by atoms with Gasteiger partial charge in [-0.05, 0) is 77.2 Å². The first-order valence-electron chi connectivity index (χ1n) is 13.4. The van der Waals surface area contributed by atoms with Gasteiger partial charge in [0, 0.05) is 24.7 Å². The second-order valence-electron chi connectivity index (χ2n) is 11.1. The van der Waals surface area contributed by atoms with Crippen molar-refractivity contribution in [2.24, 2.45) is 5.92 Å². The van der Waals surface area contributed by atoms with Crippen molar-refractivity contribution in [3.05, 3.63) is 39.8 Å². The van der Waals surface area contributed by atoms with Gasteiger partial charge in [0.15, 0.2) is 10.9 Å². The van der Waals surface area contributed by atoms with Gasteiger partial charge in [-0.25, -0.2) is 26.9 Å². The summed E-state index contributed by atoms with van der Waals surface area (Å²) in [5, 5.41) is 13.8. The number of benzene rings is 1. The second kappa shape index (κ2) is 15.5. The number of carboxylic acid groups (broad SMARTS) is 1. The molecule has 1 aliphatic carbocycles. The molecule has 0 saturated heterocycles. The van der Waals surface area contributed by atoms with Gasteiger partial charge in [0.1, 0.15) is 16.5 Å². The van der Waals surface area contributed by atoms with Crippen molar-refractivity contribution in [2.45, 2.75) is 78.0 Å². The Morgan fingerprint density at radius 3 is 2.15 bits per heavy atom. The highest BCUT2D eigenvalue weighted by molar-refractivity contribution is 7.89. The Kier molecular flexibility index (Phi) is 13.1. The van der Waals surface area contributed by atoms with E-state index in [1.165, 1.54) is 12.1 Å². The zero-order valence-corrected chi connectivity index (χ0v) is 26.0. The minimum atomic E-state index is -3.31. The molecule has 0 spiro atoms. The molecular weight excluding hydrogens is 576 g/mol. The number of halogens is 2. The summed E-state index contributed by atoms with van der Waals surface area (Å²) in [6.07, 6.45) is 2.81. The molecule has 0 amide bonds. The van der Waals surface area contributed by atoms with Crippen LogP contribution in [0.1, 0.15) is 74.2 Å². The summed E-state index contributed by atoms with van der Waals surface area (Å²) in [7, 11) is 0.275. The van der Waals surface area contributed by atoms with Crippen LogP contribution in [0.15, 0.2) is 12.1 Å². The van der Waals surface area contributed by atoms with E-state index in [9.17, 15) is 22.0 Å². The smallest absolute Gasteiger partial charge is 0.290 e. The van der Waals surface area contributed by atoms with E-state index >= 15 is 0 Å². The predicted octanol–water partition coefficient (Wildman–Crippen LogP) is 4.53. The summed E-state index contributed by atoms with van der Waals surface area (Å²) < 4.78 is 57.2. The van der Waals surface area contributed by atoms with Gasteiger partial charge >= 0.3 is 0 Å². The van der Waals surface area contributed by atoms with Crippen LogP contribution in [-0.2, 0) is 21.4 Å². The molecule has 0 aliphatic heterocycles. The highest BCUT2D eigenvalue weighted by Crippen LogP contribution is 2.33. The third-order valence-electron chi connectivity index (χ3n) is 6.04. The number of hydrogen-bond donors (Lipinski definition) is 4. The molecule has 41 heavy (non-hydrogen) atoms. The number of anilines is 2. The van der Waals surface area contributed by atoms with Crippen LogP contribution in [0.25, 0.3) is 0 Å². The Labute approximate surface area is 245 Å². The third-order valence-corrected chi connectivity index (χ3v) is 8.82. The standard InChI is InChI=1S/C26H39F2N5O3S2.CH2O2/c1-15(2)14-38(35,36)32-19-9-7-18(8-10-19)30-26-31-25(29-16(3)4)24(37-26)23(34)22-20(27)11-17(12-21(22)28)13-33(5)6;2-1-3/h11-12,15-16,18-19,29,32H,7-10,13-14H2,1-6H3,(H,30,31);1H,(H,2,3). The van der Waals surface area contributed by atoms with E-state index in [-0.39, 0.29) is 47.0 Å². The maximum atomic E-state index is 14.9. The molecular formula is C27H41F2N5O5S2. The molecule has 0 radical (unpaired) electrons. The quantitative estimate of drug-likeness (QED) is 0.200. The van der Waals surface area contributed by atoms with Crippen LogP contribution in [0.5, 0.6) is 0 Å². The Bertz CT molecular complexity index is 1250. The highest BCUT2D eigenvalue weighted by Gasteiger charge is 2.29. The van der Waals surface area contributed by atoms with Crippen molar-refractivity contribution < 1.29 is 31.9 Å². The Balaban J connectivity index is 0.00000187. The SMILES string of the molecule is CC(C)CS(=O)(=O)NC1CCC(Nc2nc(NC(C)C)c(C(=O)c3c(F)cc(CN(C)C)cc3F)s2)CC1.O=CO. The molecule has 1 aromatic heterocycles. The van der Waals surface area contributed by atoms with Crippen molar-refractivity contribution in [2.75, 3.05) is 30.5 Å². The van der Waals surface area contributed by atoms with Crippen molar-refractivity contribution >= 4 is 44.6 Å². The van der Waals surface area contributed by atoms with Gasteiger partial charge in [0.25, 0.3) is 6.47 Å². The van der Waals surface area contributed by atoms with Crippen LogP contribution in [0.2, 0.25) is 0 Å². The van der Waals surface area contributed by atoms with Gasteiger partial charge in [-0.1, -0.05) is 25.2 Å². The van der Waals surface area contributed by atoms with E-state index in [1.807, 2.05) is 27.7 Å². The topological polar surface area (TPSA) is 141 Å². The Morgan fingerprint density at radius 1 is 1.12 bits per heavy atom. The molecule has 3 rings (SSSR count). The van der Waals surface area contributed by atoms with Crippen LogP contribution in [0.3, 0.4) is 0 Å². The molecule has 0 unspecified atom stereocenters. The first-order valence-corrected chi connectivity index (χ1v) is 15.9. The van der Waals surface area contributed by atoms with Crippen molar-refractivity contribution in [1.82, 2.24) is 14.6 Å². The molecule has 1 heterocycles. The monoisotopic (exact) mass is 617 g/mol. The summed E-state index contributed by atoms with van der Waals surface area (Å²) in [5.41, 5.74) is -0.153. The molecule has 4 N–H and O–H groups in total. The van der Waals surface area contributed by atoms with Crippen LogP contribution < -0.4 is 15.4 Å². The lowest BCUT2D eigenvalue weighted by Gasteiger charge is -2.29. The largest absolute Gasteiger partial charge is 0.483 e. The van der Waals surface area contributed by atoms with E-state index in [2.05, 4.69) is 20.3 Å². The average molecular weight is 618 g/mol. The fraction of sp³-hybridized carbons (Fsp3) is 0.593. The van der Waals surface area contributed by atoms with Gasteiger partial charge in [0.2, 0.25) is 15.8 Å². The van der Waals surface area contributed by atoms with Crippen LogP contribution in [0.4, 0.5) is 19.7 Å². The predicted molar refractivity (Wildman–Crippen MR) is 158 cm³/mol. The fourth-order valence-corrected chi connectivity index (χ4v) is 7.26. The van der Waals surface area contributed by atoms with E-state index in [4.69, 9.17) is 9.90 Å². The average Bonchev–Trinajstić information content (AvgIpc) is 3.20. The molecule has 1 aliphatic rings. The summed E-state index contributed by atoms with van der Waals surface area (Å²) in [4.78, 5) is 28.1. The number of aromatic nitrogens is 1. The lowest BCUT2D eigenvalue weighted by atomic mass is 9.92. The summed E-state index contributed by atoms with van der Waals surface area (Å²) in [6.45, 7) is 7.62. The number of nitrogens with zero attached hydrogens (tertiary/aromatic N) is 2. The maximum absolute atomic E-state index is 14.9. The molecule has 10 nitrogen and oxygen atoms in total. The molecule has 14 heteroatoms. The number of carbonyl (C=O) groups is 2. The Morgan fingerprint density at radius 2 is 1.66 bits per heavy atom. The zero-order valence-electron chi connectivity index (χ0n) is 24.3. The number of thiazole rings is 1. The number of ketones is 1. The Hall–Kier alpha value is -2.68. The van der Waals surface area contributed by atoms with Crippen LogP contribution >= 0.6 is 11.3 Å². The first kappa shape index (κ1) is 34.5. The van der Waals surface area contributed by atoms with E-state index in [1.54, 1.807) is 19.0 Å². The number of carbonyl (C=O) groups excluding carboxylic acids is 1. The van der Waals surface area contributed by atoms with Crippen molar-refractivity contribution in [3.63, 3.8) is 0 Å². The maximum Gasteiger partial charge on any atom is 0.290 e. The molecule has 0 atom stereocenters. The second-order valence-corrected chi connectivity index (χ2v) is 13.9. The third kappa shape index (κ3) is 10.9. The first-order chi connectivity index (χ1) is 19.1. The summed E-state index contributed by atoms with van der Waals surface area (Å²) in [5.74, 6) is -2.12. The lowest BCUT2D eigenvalue weighted by molar-refractivity contribution is -0.122. The summed E-state index contributed by atoms with van der Waals surface area (Å²) >= 11 is 1.06. The van der Waals surface area contributed by atoms with Gasteiger partial charge in [0.05, 0.1) is 11.3 Å². The number of hydrogen-bond acceptors (Lipinski definition) is 9. The molecule has 1 aromatic carbocycles. The minimum absolute atomic E-state index is 0.0423. The number of sulfonamides is 1. The molecule has 1 fully saturated rings. The lowest BCUT2D eigenvalue weighted by Crippen LogP contribution is -2.41. The van der Waals surface area contributed by atoms with Crippen molar-refractivity contribution in [1.29, 1.82) is 0 Å². The molecule has 2 aromatic rings. The van der Waals surface area contributed by atoms with Gasteiger partial charge in [-0.2, -0.15) is 0 Å². The number of nitrogens with one attached hydrogen (secondary N) is 3. The van der Waals surface area contributed by atoms with E-state index in [0.717, 1.165) is 24.2 Å². The van der Waals surface area contributed by atoms with E-state index < -0.39 is 33.0 Å². The zero-order chi connectivity index (χ0) is 30.9. The van der Waals surface area contributed by atoms with Gasteiger partial charge in [-0.3, -0.25) is 9.59 Å². The van der Waals surface area contributed by atoms with Crippen LogP contribution in [-0.4, -0.2) is 73.6 Å². The van der Waals surface area contributed by atoms with Gasteiger partial charge < -0.3 is 20.6 Å². The van der Waals surface area contributed by atoms with Crippen LogP contribution in [0, 0.1) is 17.6 Å². The van der Waals surface area contributed by atoms with Crippen molar-refractivity contribution in [3.8, 4) is 0 Å². The fourth-order valence-electron chi connectivity index (χ4n) is 4.59. The molecule has 230 valence electrons. The normalized spacial score (nSPS) is 17.3. The highest BCUT2D eigenvalue weighted by atomic mass is 32.2. The molecule has 0 bridgehead atoms.